The number of carbonyl (C=O) groups excluding carboxylic acids is 4. The second kappa shape index (κ2) is 11.0. The number of rotatable bonds is 6. The summed E-state index contributed by atoms with van der Waals surface area (Å²) < 4.78 is 28.9. The van der Waals surface area contributed by atoms with Crippen LogP contribution in [-0.4, -0.2) is 70.9 Å². The van der Waals surface area contributed by atoms with Crippen molar-refractivity contribution in [3.8, 4) is 0 Å². The van der Waals surface area contributed by atoms with Crippen LogP contribution in [0.5, 0.6) is 0 Å². The Morgan fingerprint density at radius 1 is 0.800 bits per heavy atom. The fourth-order valence-corrected chi connectivity index (χ4v) is 2.60. The molecule has 5 atom stereocenters. The summed E-state index contributed by atoms with van der Waals surface area (Å²) >= 11 is 16.8. The molecule has 0 aromatic carbocycles. The molecule has 1 aliphatic heterocycles. The van der Waals surface area contributed by atoms with Crippen LogP contribution in [0.3, 0.4) is 0 Å². The minimum atomic E-state index is -2.29. The van der Waals surface area contributed by atoms with Crippen molar-refractivity contribution in [3.63, 3.8) is 0 Å². The first-order valence-electron chi connectivity index (χ1n) is 8.35. The summed E-state index contributed by atoms with van der Waals surface area (Å²) in [7, 11) is 0. The van der Waals surface area contributed by atoms with Crippen LogP contribution in [0, 0.1) is 5.41 Å². The third kappa shape index (κ3) is 8.13. The van der Waals surface area contributed by atoms with Crippen LogP contribution in [0.2, 0.25) is 0 Å². The van der Waals surface area contributed by atoms with Crippen molar-refractivity contribution < 1.29 is 47.6 Å². The molecule has 1 heterocycles. The molecule has 0 bridgehead atoms. The molecule has 0 amide bonds. The van der Waals surface area contributed by atoms with Crippen LogP contribution in [0.4, 0.5) is 0 Å². The van der Waals surface area contributed by atoms with Gasteiger partial charge < -0.3 is 28.4 Å². The van der Waals surface area contributed by atoms with Gasteiger partial charge >= 0.3 is 23.9 Å². The van der Waals surface area contributed by atoms with E-state index in [1.165, 1.54) is 0 Å². The number of nitrogens with one attached hydrogen (secondary N) is 1. The molecule has 170 valence electrons. The fourth-order valence-electron chi connectivity index (χ4n) is 2.47. The van der Waals surface area contributed by atoms with Gasteiger partial charge in [-0.05, 0) is 0 Å². The number of alkyl halides is 3. The molecule has 0 aromatic rings. The van der Waals surface area contributed by atoms with Gasteiger partial charge in [-0.3, -0.25) is 24.6 Å². The molecule has 2 unspecified atom stereocenters. The molecule has 1 fully saturated rings. The van der Waals surface area contributed by atoms with E-state index in [9.17, 15) is 19.2 Å². The number of ether oxygens (including phenoxy) is 6. The maximum atomic E-state index is 11.7. The Hall–Kier alpha value is -1.82. The summed E-state index contributed by atoms with van der Waals surface area (Å²) in [6.07, 6.45) is -7.25. The summed E-state index contributed by atoms with van der Waals surface area (Å²) in [6, 6.07) is 0. The fraction of sp³-hybridized carbons (Fsp3) is 0.688. The van der Waals surface area contributed by atoms with Crippen LogP contribution in [0.1, 0.15) is 27.7 Å². The molecule has 1 saturated heterocycles. The summed E-state index contributed by atoms with van der Waals surface area (Å²) in [6.45, 7) is 3.86. The van der Waals surface area contributed by atoms with Crippen LogP contribution >= 0.6 is 34.8 Å². The third-order valence-corrected chi connectivity index (χ3v) is 3.95. The normalized spacial score (nSPS) is 26.2. The van der Waals surface area contributed by atoms with Crippen LogP contribution in [-0.2, 0) is 47.6 Å². The van der Waals surface area contributed by atoms with Crippen LogP contribution in [0.25, 0.3) is 0 Å². The van der Waals surface area contributed by atoms with Crippen LogP contribution in [0.15, 0.2) is 0 Å². The molecule has 0 radical (unpaired) electrons. The number of hydrogen-bond donors (Lipinski definition) is 1. The molecule has 0 spiro atoms. The molecular formula is C16H20Cl3NO10. The number of halogens is 3. The van der Waals surface area contributed by atoms with Gasteiger partial charge in [0.25, 0.3) is 3.79 Å². The Labute approximate surface area is 186 Å². The number of esters is 4. The molecule has 1 rings (SSSR count). The van der Waals surface area contributed by atoms with Crippen molar-refractivity contribution in [1.29, 1.82) is 5.41 Å². The highest BCUT2D eigenvalue weighted by molar-refractivity contribution is 6.76. The highest BCUT2D eigenvalue weighted by Crippen LogP contribution is 2.33. The minimum Gasteiger partial charge on any atom is -0.463 e. The van der Waals surface area contributed by atoms with E-state index in [-0.39, 0.29) is 0 Å². The van der Waals surface area contributed by atoms with E-state index in [2.05, 4.69) is 0 Å². The monoisotopic (exact) mass is 491 g/mol. The third-order valence-electron chi connectivity index (χ3n) is 3.44. The molecule has 0 aliphatic carbocycles. The topological polar surface area (TPSA) is 148 Å². The second-order valence-electron chi connectivity index (χ2n) is 6.01. The summed E-state index contributed by atoms with van der Waals surface area (Å²) in [5, 5.41) is 7.74. The molecule has 11 nitrogen and oxygen atoms in total. The van der Waals surface area contributed by atoms with E-state index < -0.39 is 70.9 Å². The van der Waals surface area contributed by atoms with Crippen molar-refractivity contribution in [2.45, 2.75) is 62.2 Å². The van der Waals surface area contributed by atoms with Gasteiger partial charge in [-0.2, -0.15) is 0 Å². The van der Waals surface area contributed by atoms with Gasteiger partial charge in [-0.25, -0.2) is 0 Å². The lowest BCUT2D eigenvalue weighted by atomic mass is 9.98. The average molecular weight is 493 g/mol. The highest BCUT2D eigenvalue weighted by Gasteiger charge is 2.54. The Kier molecular flexibility index (Phi) is 9.60. The zero-order valence-electron chi connectivity index (χ0n) is 16.3. The number of carbonyl (C=O) groups is 4. The molecular weight excluding hydrogens is 473 g/mol. The van der Waals surface area contributed by atoms with E-state index in [0.29, 0.717) is 0 Å². The Balaban J connectivity index is 3.37. The SMILES string of the molecule is CC(=O)OCC1O[C@H](OC(=N)C(Cl)(Cl)Cl)C(OC(C)=O)[C@@H](OC(C)=O)[C@@H]1OC(C)=O. The van der Waals surface area contributed by atoms with E-state index >= 15 is 0 Å². The Morgan fingerprint density at radius 3 is 1.70 bits per heavy atom. The van der Waals surface area contributed by atoms with E-state index in [4.69, 9.17) is 68.6 Å². The zero-order valence-corrected chi connectivity index (χ0v) is 18.6. The van der Waals surface area contributed by atoms with Gasteiger partial charge in [0.05, 0.1) is 0 Å². The molecule has 0 saturated carbocycles. The second-order valence-corrected chi connectivity index (χ2v) is 8.29. The molecule has 14 heteroatoms. The van der Waals surface area contributed by atoms with E-state index in [1.807, 2.05) is 0 Å². The van der Waals surface area contributed by atoms with Crippen molar-refractivity contribution in [1.82, 2.24) is 0 Å². The predicted molar refractivity (Wildman–Crippen MR) is 101 cm³/mol. The quantitative estimate of drug-likeness (QED) is 0.190. The molecule has 1 aliphatic rings. The Morgan fingerprint density at radius 2 is 1.27 bits per heavy atom. The summed E-state index contributed by atoms with van der Waals surface area (Å²) in [5.74, 6) is -4.03. The van der Waals surface area contributed by atoms with E-state index in [1.54, 1.807) is 0 Å². The van der Waals surface area contributed by atoms with Crippen molar-refractivity contribution in [2.75, 3.05) is 6.61 Å². The summed E-state index contributed by atoms with van der Waals surface area (Å²) in [4.78, 5) is 46.1. The molecule has 0 aromatic heterocycles. The maximum Gasteiger partial charge on any atom is 0.303 e. The lowest BCUT2D eigenvalue weighted by molar-refractivity contribution is -0.292. The maximum absolute atomic E-state index is 11.7. The van der Waals surface area contributed by atoms with Gasteiger partial charge in [-0.15, -0.1) is 0 Å². The van der Waals surface area contributed by atoms with Crippen molar-refractivity contribution in [3.05, 3.63) is 0 Å². The first-order chi connectivity index (χ1) is 13.7. The Bertz CT molecular complexity index is 695. The number of hydrogen-bond acceptors (Lipinski definition) is 11. The first kappa shape index (κ1) is 26.2. The van der Waals surface area contributed by atoms with Gasteiger partial charge in [-0.1, -0.05) is 34.8 Å². The van der Waals surface area contributed by atoms with Gasteiger partial charge in [0.15, 0.2) is 12.2 Å². The largest absolute Gasteiger partial charge is 0.463 e. The smallest absolute Gasteiger partial charge is 0.303 e. The summed E-state index contributed by atoms with van der Waals surface area (Å²) in [5.41, 5.74) is 0. The molecule has 1 N–H and O–H groups in total. The predicted octanol–water partition coefficient (Wildman–Crippen LogP) is 1.43. The van der Waals surface area contributed by atoms with Crippen LogP contribution < -0.4 is 0 Å². The van der Waals surface area contributed by atoms with Crippen molar-refractivity contribution >= 4 is 64.6 Å². The van der Waals surface area contributed by atoms with E-state index in [0.717, 1.165) is 27.7 Å². The molecule has 30 heavy (non-hydrogen) atoms. The average Bonchev–Trinajstić information content (AvgIpc) is 2.56. The first-order valence-corrected chi connectivity index (χ1v) is 9.48. The van der Waals surface area contributed by atoms with Gasteiger partial charge in [0, 0.05) is 27.7 Å². The lowest BCUT2D eigenvalue weighted by Crippen LogP contribution is -2.63. The highest BCUT2D eigenvalue weighted by atomic mass is 35.6. The minimum absolute atomic E-state index is 0.460. The lowest BCUT2D eigenvalue weighted by Gasteiger charge is -2.44. The van der Waals surface area contributed by atoms with Gasteiger partial charge in [0.2, 0.25) is 18.3 Å². The van der Waals surface area contributed by atoms with Gasteiger partial charge in [0.1, 0.15) is 12.7 Å². The van der Waals surface area contributed by atoms with Crippen molar-refractivity contribution in [2.24, 2.45) is 0 Å². The zero-order chi connectivity index (χ0) is 23.2. The standard InChI is InChI=1S/C16H20Cl3NO10/c1-6(21)25-5-10-11(26-7(2)22)12(27-8(3)23)13(28-9(4)24)14(29-10)30-15(20)16(17,18)19/h10-14,20H,5H2,1-4H3/t10?,11-,12+,13?,14-/m1/s1.